The summed E-state index contributed by atoms with van der Waals surface area (Å²) in [7, 11) is 0. The average molecular weight is 378 g/mol. The molecule has 1 aliphatic heterocycles. The molecule has 7 heteroatoms. The lowest BCUT2D eigenvalue weighted by atomic mass is 10.1. The molecule has 2 heterocycles. The molecule has 1 amide bonds. The van der Waals surface area contributed by atoms with Crippen LogP contribution in [0.3, 0.4) is 0 Å². The maximum atomic E-state index is 12.7. The van der Waals surface area contributed by atoms with Crippen LogP contribution in [0.5, 0.6) is 11.5 Å². The minimum atomic E-state index is -0.341. The summed E-state index contributed by atoms with van der Waals surface area (Å²) in [5.74, 6) is 1.06. The topological polar surface area (TPSA) is 78.3 Å². The van der Waals surface area contributed by atoms with Crippen LogP contribution in [-0.2, 0) is 13.0 Å². The molecule has 3 aromatic rings. The first-order valence-corrected chi connectivity index (χ1v) is 9.34. The Morgan fingerprint density at radius 3 is 2.93 bits per heavy atom. The normalized spacial score (nSPS) is 15.0. The second-order valence-electron chi connectivity index (χ2n) is 6.76. The Kier molecular flexibility index (Phi) is 4.97. The zero-order valence-corrected chi connectivity index (χ0v) is 15.9. The summed E-state index contributed by atoms with van der Waals surface area (Å²) in [6.45, 7) is 4.98. The van der Waals surface area contributed by atoms with E-state index in [0.717, 1.165) is 23.3 Å². The first-order valence-electron chi connectivity index (χ1n) is 9.34. The molecular formula is C21H22N4O3. The van der Waals surface area contributed by atoms with Gasteiger partial charge in [0.2, 0.25) is 0 Å². The Morgan fingerprint density at radius 1 is 1.32 bits per heavy atom. The number of fused-ring (bicyclic) bond motifs is 1. The van der Waals surface area contributed by atoms with E-state index in [9.17, 15) is 4.79 Å². The van der Waals surface area contributed by atoms with Crippen molar-refractivity contribution in [1.29, 1.82) is 0 Å². The summed E-state index contributed by atoms with van der Waals surface area (Å²) < 4.78 is 13.1. The highest BCUT2D eigenvalue weighted by Crippen LogP contribution is 2.38. The third-order valence-corrected chi connectivity index (χ3v) is 4.50. The van der Waals surface area contributed by atoms with E-state index < -0.39 is 0 Å². The van der Waals surface area contributed by atoms with Gasteiger partial charge in [0.15, 0.2) is 5.69 Å². The zero-order chi connectivity index (χ0) is 19.5. The smallest absolute Gasteiger partial charge is 0.277 e. The van der Waals surface area contributed by atoms with Gasteiger partial charge in [0.05, 0.1) is 25.0 Å². The molecule has 144 valence electrons. The van der Waals surface area contributed by atoms with E-state index in [1.165, 1.54) is 0 Å². The average Bonchev–Trinajstić information content (AvgIpc) is 3.28. The molecule has 0 unspecified atom stereocenters. The van der Waals surface area contributed by atoms with Crippen LogP contribution < -0.4 is 14.8 Å². The lowest BCUT2D eigenvalue weighted by molar-refractivity contribution is 0.102. The minimum absolute atomic E-state index is 0.119. The third kappa shape index (κ3) is 3.83. The predicted octanol–water partition coefficient (Wildman–Crippen LogP) is 3.30. The summed E-state index contributed by atoms with van der Waals surface area (Å²) >= 11 is 0. The fourth-order valence-electron chi connectivity index (χ4n) is 3.25. The summed E-state index contributed by atoms with van der Waals surface area (Å²) in [6.07, 6.45) is 2.58. The lowest BCUT2D eigenvalue weighted by Gasteiger charge is -2.13. The van der Waals surface area contributed by atoms with E-state index in [2.05, 4.69) is 15.6 Å². The molecule has 1 N–H and O–H groups in total. The quantitative estimate of drug-likeness (QED) is 0.712. The summed E-state index contributed by atoms with van der Waals surface area (Å²) in [6, 6.07) is 13.6. The summed E-state index contributed by atoms with van der Waals surface area (Å²) in [4.78, 5) is 12.7. The van der Waals surface area contributed by atoms with Gasteiger partial charge in [0.25, 0.3) is 5.91 Å². The van der Waals surface area contributed by atoms with Crippen molar-refractivity contribution in [1.82, 2.24) is 15.0 Å². The van der Waals surface area contributed by atoms with E-state index in [1.807, 2.05) is 56.3 Å². The number of carbonyl (C=O) groups excluding carboxylic acids is 1. The van der Waals surface area contributed by atoms with Crippen molar-refractivity contribution in [2.24, 2.45) is 0 Å². The molecular weight excluding hydrogens is 356 g/mol. The molecule has 0 saturated heterocycles. The van der Waals surface area contributed by atoms with Crippen LogP contribution >= 0.6 is 0 Å². The summed E-state index contributed by atoms with van der Waals surface area (Å²) in [5, 5.41) is 10.9. The van der Waals surface area contributed by atoms with Crippen LogP contribution in [0.15, 0.2) is 48.7 Å². The molecule has 0 saturated carbocycles. The van der Waals surface area contributed by atoms with E-state index >= 15 is 0 Å². The van der Waals surface area contributed by atoms with Crippen molar-refractivity contribution in [3.05, 3.63) is 65.5 Å². The molecule has 1 atom stereocenters. The Labute approximate surface area is 163 Å². The molecule has 0 radical (unpaired) electrons. The standard InChI is InChI=1S/C21H22N4O3/c1-3-27-20-10-16-9-14(2)28-19(16)11-17(20)22-21(26)18-13-25(24-23-18)12-15-7-5-4-6-8-15/h4-8,10-11,13-14H,3,9,12H2,1-2H3,(H,22,26)/t14-/m0/s1. The van der Waals surface area contributed by atoms with Gasteiger partial charge in [-0.15, -0.1) is 5.10 Å². The molecule has 1 aliphatic rings. The van der Waals surface area contributed by atoms with Crippen LogP contribution in [-0.4, -0.2) is 33.6 Å². The first-order chi connectivity index (χ1) is 13.6. The van der Waals surface area contributed by atoms with Gasteiger partial charge in [-0.25, -0.2) is 4.68 Å². The number of hydrogen-bond donors (Lipinski definition) is 1. The van der Waals surface area contributed by atoms with Crippen LogP contribution in [0.2, 0.25) is 0 Å². The Hall–Kier alpha value is -3.35. The maximum Gasteiger partial charge on any atom is 0.277 e. The number of benzene rings is 2. The molecule has 7 nitrogen and oxygen atoms in total. The van der Waals surface area contributed by atoms with Gasteiger partial charge in [0, 0.05) is 18.1 Å². The molecule has 1 aromatic heterocycles. The van der Waals surface area contributed by atoms with Crippen molar-refractivity contribution in [3.8, 4) is 11.5 Å². The number of nitrogens with zero attached hydrogens (tertiary/aromatic N) is 3. The van der Waals surface area contributed by atoms with Crippen LogP contribution in [0.4, 0.5) is 5.69 Å². The molecule has 0 spiro atoms. The highest BCUT2D eigenvalue weighted by atomic mass is 16.5. The van der Waals surface area contributed by atoms with Gasteiger partial charge in [0.1, 0.15) is 17.6 Å². The Balaban J connectivity index is 1.51. The second-order valence-corrected chi connectivity index (χ2v) is 6.76. The number of nitrogens with one attached hydrogen (secondary N) is 1. The van der Waals surface area contributed by atoms with Crippen LogP contribution in [0.1, 0.15) is 35.5 Å². The van der Waals surface area contributed by atoms with Gasteiger partial charge in [-0.2, -0.15) is 0 Å². The van der Waals surface area contributed by atoms with Crippen molar-refractivity contribution >= 4 is 11.6 Å². The Bertz CT molecular complexity index is 985. The van der Waals surface area contributed by atoms with Gasteiger partial charge < -0.3 is 14.8 Å². The van der Waals surface area contributed by atoms with Crippen molar-refractivity contribution in [2.75, 3.05) is 11.9 Å². The van der Waals surface area contributed by atoms with Crippen molar-refractivity contribution in [2.45, 2.75) is 32.9 Å². The molecule has 0 fully saturated rings. The molecule has 4 rings (SSSR count). The van der Waals surface area contributed by atoms with E-state index in [0.29, 0.717) is 24.6 Å². The fraction of sp³-hybridized carbons (Fsp3) is 0.286. The molecule has 0 bridgehead atoms. The van der Waals surface area contributed by atoms with Gasteiger partial charge in [-0.1, -0.05) is 35.5 Å². The number of carbonyl (C=O) groups is 1. The first kappa shape index (κ1) is 18.0. The predicted molar refractivity (Wildman–Crippen MR) is 105 cm³/mol. The number of rotatable bonds is 6. The second kappa shape index (κ2) is 7.72. The van der Waals surface area contributed by atoms with Crippen LogP contribution in [0, 0.1) is 0 Å². The largest absolute Gasteiger partial charge is 0.492 e. The number of anilines is 1. The van der Waals surface area contributed by atoms with Crippen molar-refractivity contribution < 1.29 is 14.3 Å². The Morgan fingerprint density at radius 2 is 2.14 bits per heavy atom. The monoisotopic (exact) mass is 378 g/mol. The third-order valence-electron chi connectivity index (χ3n) is 4.50. The number of aromatic nitrogens is 3. The number of ether oxygens (including phenoxy) is 2. The van der Waals surface area contributed by atoms with Crippen LogP contribution in [0.25, 0.3) is 0 Å². The van der Waals surface area contributed by atoms with Crippen molar-refractivity contribution in [3.63, 3.8) is 0 Å². The fourth-order valence-corrected chi connectivity index (χ4v) is 3.25. The molecule has 2 aromatic carbocycles. The minimum Gasteiger partial charge on any atom is -0.492 e. The SMILES string of the molecule is CCOc1cc2c(cc1NC(=O)c1cn(Cc3ccccc3)nn1)O[C@@H](C)C2. The van der Waals surface area contributed by atoms with Gasteiger partial charge in [-0.05, 0) is 25.5 Å². The van der Waals surface area contributed by atoms with E-state index in [-0.39, 0.29) is 17.7 Å². The van der Waals surface area contributed by atoms with Gasteiger partial charge >= 0.3 is 0 Å². The van der Waals surface area contributed by atoms with E-state index in [4.69, 9.17) is 9.47 Å². The summed E-state index contributed by atoms with van der Waals surface area (Å²) in [5.41, 5.74) is 2.98. The lowest BCUT2D eigenvalue weighted by Crippen LogP contribution is -2.13. The molecule has 0 aliphatic carbocycles. The van der Waals surface area contributed by atoms with Gasteiger partial charge in [-0.3, -0.25) is 4.79 Å². The maximum absolute atomic E-state index is 12.7. The number of hydrogen-bond acceptors (Lipinski definition) is 5. The molecule has 28 heavy (non-hydrogen) atoms. The highest BCUT2D eigenvalue weighted by molar-refractivity contribution is 6.03. The number of amides is 1. The zero-order valence-electron chi connectivity index (χ0n) is 15.9. The van der Waals surface area contributed by atoms with E-state index in [1.54, 1.807) is 10.9 Å². The highest BCUT2D eigenvalue weighted by Gasteiger charge is 2.23.